The molecule has 0 heterocycles. The predicted octanol–water partition coefficient (Wildman–Crippen LogP) is 3.59. The highest BCUT2D eigenvalue weighted by Crippen LogP contribution is 2.34. The second-order valence-electron chi connectivity index (χ2n) is 4.48. The van der Waals surface area contributed by atoms with Crippen molar-refractivity contribution in [2.75, 3.05) is 6.61 Å². The number of hydrogen-bond donors (Lipinski definition) is 0. The molecule has 2 aromatic carbocycles. The Morgan fingerprint density at radius 2 is 1.45 bits per heavy atom. The lowest BCUT2D eigenvalue weighted by molar-refractivity contribution is -0.627. The normalized spacial score (nSPS) is 11.2. The van der Waals surface area contributed by atoms with Gasteiger partial charge in [0.25, 0.3) is 0 Å². The molecule has 2 aromatic rings. The van der Waals surface area contributed by atoms with E-state index in [0.29, 0.717) is 17.7 Å². The van der Waals surface area contributed by atoms with Crippen molar-refractivity contribution in [1.29, 1.82) is 0 Å². The van der Waals surface area contributed by atoms with Gasteiger partial charge in [-0.3, -0.25) is 10.1 Å². The fraction of sp³-hybridized carbons (Fsp3) is 0.250. The van der Waals surface area contributed by atoms with E-state index in [1.165, 1.54) is 0 Å². The highest BCUT2D eigenvalue weighted by Gasteiger charge is 2.48. The summed E-state index contributed by atoms with van der Waals surface area (Å²) < 4.78 is 5.71. The van der Waals surface area contributed by atoms with Gasteiger partial charge in [-0.05, 0) is 30.7 Å². The Kier molecular flexibility index (Phi) is 4.48. The third kappa shape index (κ3) is 2.56. The molecule has 0 spiro atoms. The van der Waals surface area contributed by atoms with Gasteiger partial charge in [0.15, 0.2) is 0 Å². The van der Waals surface area contributed by atoms with Gasteiger partial charge in [-0.1, -0.05) is 43.3 Å². The van der Waals surface area contributed by atoms with Crippen molar-refractivity contribution in [3.8, 4) is 0 Å². The van der Waals surface area contributed by atoms with Crippen molar-refractivity contribution >= 4 is 0 Å². The van der Waals surface area contributed by atoms with Crippen LogP contribution in [-0.4, -0.2) is 11.5 Å². The van der Waals surface area contributed by atoms with Crippen LogP contribution in [0.1, 0.15) is 24.5 Å². The lowest BCUT2D eigenvalue weighted by atomic mass is 9.94. The number of hydrogen-bond acceptors (Lipinski definition) is 3. The quantitative estimate of drug-likeness (QED) is 0.458. The van der Waals surface area contributed by atoms with Gasteiger partial charge in [0, 0.05) is 0 Å². The number of benzene rings is 2. The summed E-state index contributed by atoms with van der Waals surface area (Å²) in [6, 6.07) is 17.7. The Bertz CT molecular complexity index is 515. The molecule has 4 nitrogen and oxygen atoms in total. The third-order valence-electron chi connectivity index (χ3n) is 3.10. The number of nitro groups is 1. The average Bonchev–Trinajstić information content (AvgIpc) is 2.50. The molecule has 0 aliphatic carbocycles. The minimum absolute atomic E-state index is 0.324. The van der Waals surface area contributed by atoms with Crippen LogP contribution in [-0.2, 0) is 10.5 Å². The second-order valence-corrected chi connectivity index (χ2v) is 4.48. The van der Waals surface area contributed by atoms with Crippen LogP contribution >= 0.6 is 0 Å². The summed E-state index contributed by atoms with van der Waals surface area (Å²) in [4.78, 5) is 11.5. The largest absolute Gasteiger partial charge is 0.378 e. The molecule has 0 N–H and O–H groups in total. The summed E-state index contributed by atoms with van der Waals surface area (Å²) in [5.74, 6) is 0. The third-order valence-corrected chi connectivity index (χ3v) is 3.10. The zero-order valence-corrected chi connectivity index (χ0v) is 11.4. The molecule has 0 atom stereocenters. The van der Waals surface area contributed by atoms with Crippen molar-refractivity contribution in [3.05, 3.63) is 81.9 Å². The molecule has 4 heteroatoms. The van der Waals surface area contributed by atoms with Crippen LogP contribution in [0, 0.1) is 10.1 Å². The molecule has 0 bridgehead atoms. The van der Waals surface area contributed by atoms with Gasteiger partial charge in [0.05, 0.1) is 22.7 Å². The average molecular weight is 271 g/mol. The summed E-state index contributed by atoms with van der Waals surface area (Å²) in [6.07, 6.45) is 0.718. The summed E-state index contributed by atoms with van der Waals surface area (Å²) in [7, 11) is 0. The first-order valence-corrected chi connectivity index (χ1v) is 6.61. The van der Waals surface area contributed by atoms with Crippen LogP contribution in [0.4, 0.5) is 0 Å². The fourth-order valence-electron chi connectivity index (χ4n) is 2.17. The zero-order valence-electron chi connectivity index (χ0n) is 11.4. The molecule has 0 aliphatic rings. The Morgan fingerprint density at radius 3 is 1.80 bits per heavy atom. The smallest absolute Gasteiger partial charge is 0.307 e. The van der Waals surface area contributed by atoms with E-state index in [1.54, 1.807) is 48.5 Å². The highest BCUT2D eigenvalue weighted by molar-refractivity contribution is 5.33. The van der Waals surface area contributed by atoms with Gasteiger partial charge in [-0.25, -0.2) is 0 Å². The van der Waals surface area contributed by atoms with Crippen molar-refractivity contribution in [3.63, 3.8) is 0 Å². The molecule has 0 unspecified atom stereocenters. The van der Waals surface area contributed by atoms with Crippen LogP contribution in [0.5, 0.6) is 0 Å². The minimum atomic E-state index is -1.64. The summed E-state index contributed by atoms with van der Waals surface area (Å²) in [5, 5.41) is 11.8. The Hall–Kier alpha value is -2.20. The maximum Gasteiger partial charge on any atom is 0.378 e. The molecule has 0 saturated heterocycles. The van der Waals surface area contributed by atoms with E-state index in [1.807, 2.05) is 19.1 Å². The van der Waals surface area contributed by atoms with Crippen LogP contribution in [0.3, 0.4) is 0 Å². The molecule has 0 saturated carbocycles. The van der Waals surface area contributed by atoms with Crippen molar-refractivity contribution < 1.29 is 9.66 Å². The monoisotopic (exact) mass is 271 g/mol. The van der Waals surface area contributed by atoms with E-state index >= 15 is 0 Å². The van der Waals surface area contributed by atoms with E-state index in [9.17, 15) is 10.1 Å². The summed E-state index contributed by atoms with van der Waals surface area (Å²) in [6.45, 7) is 2.26. The predicted molar refractivity (Wildman–Crippen MR) is 76.9 cm³/mol. The number of ether oxygens (including phenoxy) is 1. The molecule has 104 valence electrons. The van der Waals surface area contributed by atoms with Crippen molar-refractivity contribution in [2.45, 2.75) is 19.1 Å². The standard InChI is InChI=1S/C16H17NO3/c1-2-13-20-16(17(18)19,14-9-5-3-6-10-14)15-11-7-4-8-12-15/h3-12H,2,13H2,1H3. The van der Waals surface area contributed by atoms with Crippen LogP contribution in [0.2, 0.25) is 0 Å². The van der Waals surface area contributed by atoms with E-state index in [2.05, 4.69) is 0 Å². The lowest BCUT2D eigenvalue weighted by Gasteiger charge is -2.26. The van der Waals surface area contributed by atoms with Crippen LogP contribution < -0.4 is 0 Å². The molecule has 0 fully saturated rings. The van der Waals surface area contributed by atoms with Gasteiger partial charge in [-0.2, -0.15) is 0 Å². The van der Waals surface area contributed by atoms with Gasteiger partial charge in [-0.15, -0.1) is 0 Å². The van der Waals surface area contributed by atoms with E-state index < -0.39 is 5.72 Å². The Morgan fingerprint density at radius 1 is 1.00 bits per heavy atom. The van der Waals surface area contributed by atoms with Crippen molar-refractivity contribution in [2.24, 2.45) is 0 Å². The van der Waals surface area contributed by atoms with E-state index in [0.717, 1.165) is 6.42 Å². The molecule has 0 aliphatic heterocycles. The zero-order chi connectivity index (χ0) is 14.4. The van der Waals surface area contributed by atoms with Crippen LogP contribution in [0.15, 0.2) is 60.7 Å². The number of nitrogens with zero attached hydrogens (tertiary/aromatic N) is 1. The SMILES string of the molecule is CCCOC(c1ccccc1)(c1ccccc1)[N+](=O)[O-]. The molecule has 0 aromatic heterocycles. The fourth-order valence-corrected chi connectivity index (χ4v) is 2.17. The van der Waals surface area contributed by atoms with Crippen LogP contribution in [0.25, 0.3) is 0 Å². The molecule has 0 amide bonds. The summed E-state index contributed by atoms with van der Waals surface area (Å²) in [5.41, 5.74) is -0.576. The topological polar surface area (TPSA) is 52.4 Å². The van der Waals surface area contributed by atoms with Gasteiger partial charge >= 0.3 is 5.72 Å². The first-order valence-electron chi connectivity index (χ1n) is 6.61. The molecule has 20 heavy (non-hydrogen) atoms. The Labute approximate surface area is 118 Å². The second kappa shape index (κ2) is 6.30. The number of rotatable bonds is 6. The Balaban J connectivity index is 2.60. The maximum absolute atomic E-state index is 11.8. The first-order chi connectivity index (χ1) is 9.71. The van der Waals surface area contributed by atoms with Gasteiger partial charge in [0.1, 0.15) is 0 Å². The minimum Gasteiger partial charge on any atom is -0.307 e. The molecule has 0 radical (unpaired) electrons. The summed E-state index contributed by atoms with van der Waals surface area (Å²) >= 11 is 0. The lowest BCUT2D eigenvalue weighted by Crippen LogP contribution is -2.40. The maximum atomic E-state index is 11.8. The molecular weight excluding hydrogens is 254 g/mol. The highest BCUT2D eigenvalue weighted by atomic mass is 16.7. The van der Waals surface area contributed by atoms with Crippen molar-refractivity contribution in [1.82, 2.24) is 0 Å². The molecular formula is C16H17NO3. The van der Waals surface area contributed by atoms with Gasteiger partial charge in [0.2, 0.25) is 0 Å². The van der Waals surface area contributed by atoms with E-state index in [4.69, 9.17) is 4.74 Å². The van der Waals surface area contributed by atoms with Gasteiger partial charge < -0.3 is 4.74 Å². The first kappa shape index (κ1) is 14.2. The molecule has 2 rings (SSSR count). The van der Waals surface area contributed by atoms with E-state index in [-0.39, 0.29) is 4.92 Å².